The van der Waals surface area contributed by atoms with Gasteiger partial charge in [-0.15, -0.1) is 0 Å². The minimum atomic E-state index is -0.427. The lowest BCUT2D eigenvalue weighted by Gasteiger charge is -2.13. The predicted molar refractivity (Wildman–Crippen MR) is 45.6 cm³/mol. The number of aliphatic hydroxyl groups excluding tert-OH is 1. The van der Waals surface area contributed by atoms with Gasteiger partial charge >= 0.3 is 0 Å². The van der Waals surface area contributed by atoms with Crippen LogP contribution < -0.4 is 0 Å². The SMILES string of the molecule is CSCCN1CC(O)CC1=O. The highest BCUT2D eigenvalue weighted by atomic mass is 32.2. The van der Waals surface area contributed by atoms with Gasteiger partial charge in [0, 0.05) is 18.8 Å². The van der Waals surface area contributed by atoms with E-state index in [1.54, 1.807) is 16.7 Å². The number of hydrogen-bond donors (Lipinski definition) is 1. The Labute approximate surface area is 70.8 Å². The molecule has 64 valence electrons. The number of β-amino-alcohol motifs (C(OH)–C–C–N with tert-alkyl or cyclic N) is 1. The van der Waals surface area contributed by atoms with E-state index in [2.05, 4.69) is 0 Å². The number of likely N-dealkylation sites (tertiary alicyclic amines) is 1. The molecule has 4 heteroatoms. The maximum absolute atomic E-state index is 11.0. The third-order valence-electron chi connectivity index (χ3n) is 1.76. The van der Waals surface area contributed by atoms with Crippen LogP contribution >= 0.6 is 11.8 Å². The molecule has 1 amide bonds. The summed E-state index contributed by atoms with van der Waals surface area (Å²) in [5.41, 5.74) is 0. The van der Waals surface area contributed by atoms with E-state index in [1.165, 1.54) is 0 Å². The van der Waals surface area contributed by atoms with Gasteiger partial charge in [-0.3, -0.25) is 4.79 Å². The van der Waals surface area contributed by atoms with Gasteiger partial charge in [-0.2, -0.15) is 11.8 Å². The topological polar surface area (TPSA) is 40.5 Å². The Morgan fingerprint density at radius 3 is 3.00 bits per heavy atom. The summed E-state index contributed by atoms with van der Waals surface area (Å²) >= 11 is 1.72. The molecule has 1 saturated heterocycles. The molecular weight excluding hydrogens is 162 g/mol. The van der Waals surface area contributed by atoms with Gasteiger partial charge in [-0.05, 0) is 6.26 Å². The van der Waals surface area contributed by atoms with E-state index < -0.39 is 6.10 Å². The van der Waals surface area contributed by atoms with Gasteiger partial charge in [0.05, 0.1) is 12.5 Å². The Morgan fingerprint density at radius 2 is 2.55 bits per heavy atom. The summed E-state index contributed by atoms with van der Waals surface area (Å²) in [5, 5.41) is 9.10. The minimum absolute atomic E-state index is 0.0894. The normalized spacial score (nSPS) is 24.7. The fraction of sp³-hybridized carbons (Fsp3) is 0.857. The minimum Gasteiger partial charge on any atom is -0.391 e. The molecule has 1 rings (SSSR count). The number of aliphatic hydroxyl groups is 1. The van der Waals surface area contributed by atoms with Crippen molar-refractivity contribution in [2.45, 2.75) is 12.5 Å². The van der Waals surface area contributed by atoms with Crippen LogP contribution in [0.25, 0.3) is 0 Å². The lowest BCUT2D eigenvalue weighted by molar-refractivity contribution is -0.127. The van der Waals surface area contributed by atoms with Gasteiger partial charge in [-0.25, -0.2) is 0 Å². The van der Waals surface area contributed by atoms with Crippen LogP contribution in [0.5, 0.6) is 0 Å². The molecule has 11 heavy (non-hydrogen) atoms. The van der Waals surface area contributed by atoms with Crippen LogP contribution in [0.2, 0.25) is 0 Å². The Balaban J connectivity index is 2.29. The van der Waals surface area contributed by atoms with Gasteiger partial charge < -0.3 is 10.0 Å². The summed E-state index contributed by atoms with van der Waals surface area (Å²) in [4.78, 5) is 12.8. The number of rotatable bonds is 3. The highest BCUT2D eigenvalue weighted by molar-refractivity contribution is 7.98. The second-order valence-corrected chi connectivity index (χ2v) is 3.68. The second-order valence-electron chi connectivity index (χ2n) is 2.69. The van der Waals surface area contributed by atoms with E-state index in [9.17, 15) is 4.79 Å². The van der Waals surface area contributed by atoms with Crippen molar-refractivity contribution in [3.63, 3.8) is 0 Å². The average Bonchev–Trinajstić information content (AvgIpc) is 2.26. The third-order valence-corrected chi connectivity index (χ3v) is 2.35. The molecule has 0 radical (unpaired) electrons. The van der Waals surface area contributed by atoms with Gasteiger partial charge in [-0.1, -0.05) is 0 Å². The largest absolute Gasteiger partial charge is 0.391 e. The smallest absolute Gasteiger partial charge is 0.225 e. The van der Waals surface area contributed by atoms with Crippen molar-refractivity contribution in [2.24, 2.45) is 0 Å². The summed E-state index contributed by atoms with van der Waals surface area (Å²) < 4.78 is 0. The molecular formula is C7H13NO2S. The first-order valence-corrected chi connectivity index (χ1v) is 5.08. The average molecular weight is 175 g/mol. The van der Waals surface area contributed by atoms with Crippen LogP contribution in [0.15, 0.2) is 0 Å². The fourth-order valence-corrected chi connectivity index (χ4v) is 1.57. The lowest BCUT2D eigenvalue weighted by Crippen LogP contribution is -2.28. The lowest BCUT2D eigenvalue weighted by atomic mass is 10.3. The first-order valence-electron chi connectivity index (χ1n) is 3.69. The van der Waals surface area contributed by atoms with Crippen molar-refractivity contribution < 1.29 is 9.90 Å². The van der Waals surface area contributed by atoms with E-state index in [1.807, 2.05) is 6.26 Å². The first kappa shape index (κ1) is 8.87. The van der Waals surface area contributed by atoms with E-state index in [0.29, 0.717) is 13.0 Å². The summed E-state index contributed by atoms with van der Waals surface area (Å²) in [6, 6.07) is 0. The number of hydrogen-bond acceptors (Lipinski definition) is 3. The Kier molecular flexibility index (Phi) is 3.20. The number of amides is 1. The molecule has 3 nitrogen and oxygen atoms in total. The number of carbonyl (C=O) groups excluding carboxylic acids is 1. The van der Waals surface area contributed by atoms with Crippen molar-refractivity contribution in [2.75, 3.05) is 25.1 Å². The molecule has 0 aromatic heterocycles. The van der Waals surface area contributed by atoms with E-state index in [4.69, 9.17) is 5.11 Å². The molecule has 0 bridgehead atoms. The number of thioether (sulfide) groups is 1. The monoisotopic (exact) mass is 175 g/mol. The van der Waals surface area contributed by atoms with E-state index >= 15 is 0 Å². The predicted octanol–water partition coefficient (Wildman–Crippen LogP) is -0.0574. The van der Waals surface area contributed by atoms with Crippen LogP contribution in [0, 0.1) is 0 Å². The first-order chi connectivity index (χ1) is 5.24. The van der Waals surface area contributed by atoms with Gasteiger partial charge in [0.25, 0.3) is 0 Å². The third kappa shape index (κ3) is 2.38. The molecule has 1 aliphatic heterocycles. The van der Waals surface area contributed by atoms with E-state index in [-0.39, 0.29) is 5.91 Å². The zero-order valence-electron chi connectivity index (χ0n) is 6.62. The molecule has 1 aliphatic rings. The van der Waals surface area contributed by atoms with Crippen molar-refractivity contribution in [3.8, 4) is 0 Å². The summed E-state index contributed by atoms with van der Waals surface area (Å²) in [6.45, 7) is 1.30. The molecule has 0 aromatic rings. The van der Waals surface area contributed by atoms with Crippen LogP contribution in [0.4, 0.5) is 0 Å². The molecule has 1 unspecified atom stereocenters. The Bertz CT molecular complexity index is 151. The molecule has 1 atom stereocenters. The van der Waals surface area contributed by atoms with Crippen LogP contribution in [0.1, 0.15) is 6.42 Å². The number of nitrogens with zero attached hydrogens (tertiary/aromatic N) is 1. The molecule has 1 heterocycles. The zero-order valence-corrected chi connectivity index (χ0v) is 7.43. The Morgan fingerprint density at radius 1 is 1.82 bits per heavy atom. The summed E-state index contributed by atoms with van der Waals surface area (Å²) in [6.07, 6.45) is 1.90. The maximum Gasteiger partial charge on any atom is 0.225 e. The molecule has 1 N–H and O–H groups in total. The number of carbonyl (C=O) groups is 1. The highest BCUT2D eigenvalue weighted by Crippen LogP contribution is 2.10. The zero-order chi connectivity index (χ0) is 8.27. The van der Waals surface area contributed by atoms with Crippen molar-refractivity contribution in [1.82, 2.24) is 4.90 Å². The van der Waals surface area contributed by atoms with Gasteiger partial charge in [0.15, 0.2) is 0 Å². The molecule has 0 saturated carbocycles. The van der Waals surface area contributed by atoms with Crippen LogP contribution in [0.3, 0.4) is 0 Å². The second kappa shape index (κ2) is 3.97. The molecule has 0 aromatic carbocycles. The maximum atomic E-state index is 11.0. The van der Waals surface area contributed by atoms with Crippen molar-refractivity contribution in [1.29, 1.82) is 0 Å². The van der Waals surface area contributed by atoms with E-state index in [0.717, 1.165) is 12.3 Å². The standard InChI is InChI=1S/C7H13NO2S/c1-11-3-2-8-5-6(9)4-7(8)10/h6,9H,2-5H2,1H3. The molecule has 0 aliphatic carbocycles. The summed E-state index contributed by atoms with van der Waals surface area (Å²) in [5.74, 6) is 1.05. The van der Waals surface area contributed by atoms with Crippen LogP contribution in [-0.4, -0.2) is 47.1 Å². The van der Waals surface area contributed by atoms with Crippen molar-refractivity contribution >= 4 is 17.7 Å². The quantitative estimate of drug-likeness (QED) is 0.653. The van der Waals surface area contributed by atoms with Gasteiger partial charge in [0.2, 0.25) is 5.91 Å². The molecule has 0 spiro atoms. The van der Waals surface area contributed by atoms with Gasteiger partial charge in [0.1, 0.15) is 0 Å². The summed E-state index contributed by atoms with van der Waals surface area (Å²) in [7, 11) is 0. The highest BCUT2D eigenvalue weighted by Gasteiger charge is 2.26. The van der Waals surface area contributed by atoms with Crippen LogP contribution in [-0.2, 0) is 4.79 Å². The Hall–Kier alpha value is -0.220. The fourth-order valence-electron chi connectivity index (χ4n) is 1.17. The van der Waals surface area contributed by atoms with Crippen molar-refractivity contribution in [3.05, 3.63) is 0 Å². The molecule has 1 fully saturated rings.